The van der Waals surface area contributed by atoms with Crippen molar-refractivity contribution in [3.8, 4) is 0 Å². The smallest absolute Gasteiger partial charge is 0.388 e. The zero-order valence-electron chi connectivity index (χ0n) is 18.8. The van der Waals surface area contributed by atoms with Crippen LogP contribution < -0.4 is 0 Å². The number of halogens is 6. The molecule has 0 aromatic rings. The lowest BCUT2D eigenvalue weighted by atomic mass is 9.92. The molecule has 0 bridgehead atoms. The maximum atomic E-state index is 11.6. The summed E-state index contributed by atoms with van der Waals surface area (Å²) >= 11 is 0. The topological polar surface area (TPSA) is 60.4 Å². The van der Waals surface area contributed by atoms with Crippen LogP contribution in [0, 0.1) is 10.8 Å². The molecule has 0 heterocycles. The van der Waals surface area contributed by atoms with Crippen molar-refractivity contribution in [1.82, 2.24) is 0 Å². The van der Waals surface area contributed by atoms with Gasteiger partial charge < -0.3 is 9.53 Å². The van der Waals surface area contributed by atoms with Crippen LogP contribution in [0.15, 0.2) is 0 Å². The molecule has 0 N–H and O–H groups in total. The van der Waals surface area contributed by atoms with Crippen LogP contribution in [-0.2, 0) is 19.4 Å². The summed E-state index contributed by atoms with van der Waals surface area (Å²) in [5.41, 5.74) is -3.12. The number of Topliss-reactive ketones (excluding diaryl/α,β-unsaturated/α-hetero) is 1. The highest BCUT2D eigenvalue weighted by Gasteiger charge is 2.64. The Kier molecular flexibility index (Phi) is 35.4. The van der Waals surface area contributed by atoms with Gasteiger partial charge in [0.2, 0.25) is 0 Å². The minimum absolute atomic E-state index is 0. The fraction of sp³-hybridized carbons (Fsp3) is 0.950. The molecule has 11 heteroatoms. The molecule has 0 spiro atoms. The number of alkyl halides is 6. The molecule has 0 amide bonds. The zero-order valence-corrected chi connectivity index (χ0v) is 19.6. The fourth-order valence-electron chi connectivity index (χ4n) is 0.161. The standard InChI is InChI=1S/C5H6F6.C5H12.C3H6O.C2H6O2S.C2H6O.3CH4/c1-3(2,4(6,7)8)5(9,10)11;1-5(2,3)4;1-3(2)4;1-5(2,3)4;1-3-2;;;/h1-2H3;1-4H3;1-2H3;1-2H3;1-2H3;3*1H4. The van der Waals surface area contributed by atoms with E-state index in [1.54, 1.807) is 14.2 Å². The van der Waals surface area contributed by atoms with Gasteiger partial charge in [-0.15, -0.1) is 0 Å². The van der Waals surface area contributed by atoms with Gasteiger partial charge in [-0.1, -0.05) is 50.0 Å². The molecule has 0 rings (SSSR count). The highest BCUT2D eigenvalue weighted by molar-refractivity contribution is 7.89. The monoisotopic (exact) mass is 498 g/mol. The van der Waals surface area contributed by atoms with Gasteiger partial charge in [0.05, 0.1) is 0 Å². The maximum absolute atomic E-state index is 11.6. The van der Waals surface area contributed by atoms with Crippen molar-refractivity contribution < 1.29 is 44.3 Å². The Labute approximate surface area is 188 Å². The lowest BCUT2D eigenvalue weighted by Crippen LogP contribution is -2.44. The molecule has 0 saturated carbocycles. The Morgan fingerprint density at radius 3 is 0.742 bits per heavy atom. The molecule has 31 heavy (non-hydrogen) atoms. The van der Waals surface area contributed by atoms with Crippen LogP contribution in [-0.4, -0.2) is 53.3 Å². The van der Waals surface area contributed by atoms with Crippen LogP contribution in [0.4, 0.5) is 26.3 Å². The van der Waals surface area contributed by atoms with E-state index < -0.39 is 27.6 Å². The van der Waals surface area contributed by atoms with E-state index in [2.05, 4.69) is 32.4 Å². The molecule has 0 radical (unpaired) electrons. The normalized spacial score (nSPS) is 10.6. The number of carbonyl (C=O) groups is 1. The predicted octanol–water partition coefficient (Wildman–Crippen LogP) is 7.62. The Balaban J connectivity index is -0.0000000380. The summed E-state index contributed by atoms with van der Waals surface area (Å²) in [4.78, 5) is 9.44. The van der Waals surface area contributed by atoms with Gasteiger partial charge in [0, 0.05) is 26.7 Å². The van der Waals surface area contributed by atoms with E-state index in [-0.39, 0.29) is 41.9 Å². The molecule has 0 unspecified atom stereocenters. The summed E-state index contributed by atoms with van der Waals surface area (Å²) in [6, 6.07) is 0. The van der Waals surface area contributed by atoms with E-state index in [1.807, 2.05) is 0 Å². The Morgan fingerprint density at radius 2 is 0.742 bits per heavy atom. The van der Waals surface area contributed by atoms with E-state index in [9.17, 15) is 39.6 Å². The molecule has 0 aliphatic heterocycles. The van der Waals surface area contributed by atoms with Crippen LogP contribution in [0.3, 0.4) is 0 Å². The summed E-state index contributed by atoms with van der Waals surface area (Å²) in [6.45, 7) is 12.0. The summed E-state index contributed by atoms with van der Waals surface area (Å²) in [6.07, 6.45) is -8.17. The summed E-state index contributed by atoms with van der Waals surface area (Å²) in [5, 5.41) is 0. The highest BCUT2D eigenvalue weighted by Crippen LogP contribution is 2.49. The minimum Gasteiger partial charge on any atom is -0.388 e. The molecule has 0 aromatic carbocycles. The predicted molar refractivity (Wildman–Crippen MR) is 121 cm³/mol. The zero-order chi connectivity index (χ0) is 24.8. The second-order valence-corrected chi connectivity index (χ2v) is 10.4. The van der Waals surface area contributed by atoms with Crippen molar-refractivity contribution in [2.45, 2.75) is 90.0 Å². The number of methoxy groups -OCH3 is 1. The first kappa shape index (κ1) is 52.2. The third-order valence-electron chi connectivity index (χ3n) is 1.42. The van der Waals surface area contributed by atoms with Crippen LogP contribution >= 0.6 is 0 Å². The number of carbonyl (C=O) groups excluding carboxylic acids is 1. The highest BCUT2D eigenvalue weighted by atomic mass is 32.2. The molecule has 200 valence electrons. The van der Waals surface area contributed by atoms with Gasteiger partial charge in [-0.25, -0.2) is 8.42 Å². The largest absolute Gasteiger partial charge is 0.402 e. The minimum atomic E-state index is -5.24. The number of hydrogen-bond acceptors (Lipinski definition) is 4. The van der Waals surface area contributed by atoms with Gasteiger partial charge in [-0.2, -0.15) is 26.3 Å². The second-order valence-electron chi connectivity index (χ2n) is 8.08. The molecule has 0 saturated heterocycles. The molecule has 0 aliphatic rings. The molecule has 0 fully saturated rings. The Hall–Kier alpha value is -0.840. The summed E-state index contributed by atoms with van der Waals surface area (Å²) < 4.78 is 93.2. The Bertz CT molecular complexity index is 455. The summed E-state index contributed by atoms with van der Waals surface area (Å²) in [7, 11) is 0.583. The SMILES string of the molecule is C.C.C.CC(C)(C(F)(F)F)C(F)(F)F.CC(C)(C)C.CC(C)=O.COC.CS(C)(=O)=O. The number of ketones is 1. The number of ether oxygens (including phenoxy) is 1. The van der Waals surface area contributed by atoms with Crippen molar-refractivity contribution in [3.63, 3.8) is 0 Å². The van der Waals surface area contributed by atoms with Gasteiger partial charge >= 0.3 is 12.4 Å². The molecular formula is C20H48F6O4S. The second kappa shape index (κ2) is 21.0. The van der Waals surface area contributed by atoms with Gasteiger partial charge in [0.25, 0.3) is 0 Å². The molecule has 4 nitrogen and oxygen atoms in total. The van der Waals surface area contributed by atoms with Gasteiger partial charge in [0.15, 0.2) is 5.41 Å². The van der Waals surface area contributed by atoms with E-state index in [4.69, 9.17) is 0 Å². The van der Waals surface area contributed by atoms with Crippen molar-refractivity contribution >= 4 is 15.6 Å². The Morgan fingerprint density at radius 1 is 0.677 bits per heavy atom. The van der Waals surface area contributed by atoms with Crippen LogP contribution in [0.5, 0.6) is 0 Å². The average Bonchev–Trinajstić information content (AvgIpc) is 2.20. The number of hydrogen-bond donors (Lipinski definition) is 0. The van der Waals surface area contributed by atoms with E-state index in [0.29, 0.717) is 5.41 Å². The van der Waals surface area contributed by atoms with Gasteiger partial charge in [-0.3, -0.25) is 0 Å². The molecule has 0 aliphatic carbocycles. The maximum Gasteiger partial charge on any atom is 0.402 e. The van der Waals surface area contributed by atoms with Crippen molar-refractivity contribution in [2.75, 3.05) is 26.7 Å². The lowest BCUT2D eigenvalue weighted by Gasteiger charge is -2.29. The van der Waals surface area contributed by atoms with Crippen molar-refractivity contribution in [2.24, 2.45) is 10.8 Å². The first-order valence-corrected chi connectivity index (χ1v) is 10.1. The number of sulfone groups is 1. The first-order chi connectivity index (χ1) is 11.6. The van der Waals surface area contributed by atoms with Crippen LogP contribution in [0.25, 0.3) is 0 Å². The first-order valence-electron chi connectivity index (χ1n) is 7.80. The average molecular weight is 499 g/mol. The van der Waals surface area contributed by atoms with E-state index >= 15 is 0 Å². The number of rotatable bonds is 0. The quantitative estimate of drug-likeness (QED) is 0.322. The van der Waals surface area contributed by atoms with Crippen molar-refractivity contribution in [3.05, 3.63) is 0 Å². The molecule has 0 aromatic heterocycles. The van der Waals surface area contributed by atoms with E-state index in [1.165, 1.54) is 13.8 Å². The fourth-order valence-corrected chi connectivity index (χ4v) is 0.161. The van der Waals surface area contributed by atoms with Gasteiger partial charge in [-0.05, 0) is 33.1 Å². The van der Waals surface area contributed by atoms with Crippen molar-refractivity contribution in [1.29, 1.82) is 0 Å². The third-order valence-corrected chi connectivity index (χ3v) is 1.42. The molecule has 0 atom stereocenters. The van der Waals surface area contributed by atoms with E-state index in [0.717, 1.165) is 12.5 Å². The third kappa shape index (κ3) is 73.0. The summed E-state index contributed by atoms with van der Waals surface area (Å²) in [5.74, 6) is 0.167. The van der Waals surface area contributed by atoms with Crippen LogP contribution in [0.2, 0.25) is 0 Å². The van der Waals surface area contributed by atoms with Gasteiger partial charge in [0.1, 0.15) is 15.6 Å². The molecular weight excluding hydrogens is 450 g/mol. The lowest BCUT2D eigenvalue weighted by molar-refractivity contribution is -0.327. The van der Waals surface area contributed by atoms with Crippen LogP contribution in [0.1, 0.15) is 77.7 Å².